The van der Waals surface area contributed by atoms with Crippen LogP contribution >= 0.6 is 11.3 Å². The van der Waals surface area contributed by atoms with Crippen molar-refractivity contribution >= 4 is 39.2 Å². The van der Waals surface area contributed by atoms with Gasteiger partial charge in [-0.05, 0) is 44.1 Å². The van der Waals surface area contributed by atoms with E-state index in [0.29, 0.717) is 25.6 Å². The molecule has 0 spiro atoms. The molecule has 4 rings (SSSR count). The summed E-state index contributed by atoms with van der Waals surface area (Å²) < 4.78 is 4.95. The van der Waals surface area contributed by atoms with Gasteiger partial charge in [0.2, 0.25) is 5.91 Å². The molecule has 33 heavy (non-hydrogen) atoms. The summed E-state index contributed by atoms with van der Waals surface area (Å²) in [5, 5.41) is 1.25. The number of esters is 1. The number of piperazine rings is 1. The van der Waals surface area contributed by atoms with Gasteiger partial charge in [0.15, 0.2) is 0 Å². The highest BCUT2D eigenvalue weighted by molar-refractivity contribution is 7.19. The van der Waals surface area contributed by atoms with Crippen molar-refractivity contribution < 1.29 is 14.3 Å². The Morgan fingerprint density at radius 3 is 2.61 bits per heavy atom. The number of nitrogens with zero attached hydrogens (tertiary/aromatic N) is 4. The average molecular weight is 473 g/mol. The fourth-order valence-electron chi connectivity index (χ4n) is 4.74. The van der Waals surface area contributed by atoms with Gasteiger partial charge < -0.3 is 14.5 Å². The number of carbonyl (C=O) groups excluding carboxylic acids is 2. The summed E-state index contributed by atoms with van der Waals surface area (Å²) in [4.78, 5) is 41.1. The third-order valence-electron chi connectivity index (χ3n) is 6.99. The molecule has 2 aliphatic rings. The summed E-state index contributed by atoms with van der Waals surface area (Å²) in [7, 11) is 0. The second kappa shape index (κ2) is 10.4. The number of hydrogen-bond acceptors (Lipinski definition) is 7. The summed E-state index contributed by atoms with van der Waals surface area (Å²) in [5.41, 5.74) is 1.45. The number of aryl methyl sites for hydroxylation is 1. The molecular formula is C25H36N4O3S. The van der Waals surface area contributed by atoms with E-state index in [4.69, 9.17) is 14.7 Å². The molecule has 0 N–H and O–H groups in total. The number of rotatable bonds is 7. The summed E-state index contributed by atoms with van der Waals surface area (Å²) in [6, 6.07) is 0. The zero-order chi connectivity index (χ0) is 23.5. The Morgan fingerprint density at radius 1 is 1.15 bits per heavy atom. The highest BCUT2D eigenvalue weighted by atomic mass is 32.1. The van der Waals surface area contributed by atoms with Crippen molar-refractivity contribution in [2.45, 2.75) is 72.1 Å². The lowest BCUT2D eigenvalue weighted by atomic mass is 9.89. The quantitative estimate of drug-likeness (QED) is 0.559. The third-order valence-corrected chi connectivity index (χ3v) is 8.13. The normalized spacial score (nSPS) is 19.5. The number of amides is 1. The summed E-state index contributed by atoms with van der Waals surface area (Å²) in [6.07, 6.45) is 4.82. The minimum atomic E-state index is -0.304. The number of anilines is 1. The second-order valence-corrected chi connectivity index (χ2v) is 10.5. The van der Waals surface area contributed by atoms with E-state index in [2.05, 4.69) is 25.7 Å². The fourth-order valence-corrected chi connectivity index (χ4v) is 6.12. The Balaban J connectivity index is 1.54. The fraction of sp³-hybridized carbons (Fsp3) is 0.680. The van der Waals surface area contributed by atoms with Crippen molar-refractivity contribution in [3.63, 3.8) is 0 Å². The summed E-state index contributed by atoms with van der Waals surface area (Å²) in [5.74, 6) is 2.75. The number of thiophene rings is 1. The second-order valence-electron chi connectivity index (χ2n) is 9.42. The minimum absolute atomic E-state index is 0.0257. The maximum absolute atomic E-state index is 12.6. The average Bonchev–Trinajstić information content (AvgIpc) is 3.19. The van der Waals surface area contributed by atoms with Crippen molar-refractivity contribution in [1.29, 1.82) is 0 Å². The van der Waals surface area contributed by atoms with Crippen LogP contribution in [0.1, 0.15) is 75.6 Å². The maximum atomic E-state index is 12.6. The predicted molar refractivity (Wildman–Crippen MR) is 132 cm³/mol. The smallest absolute Gasteiger partial charge is 0.306 e. The van der Waals surface area contributed by atoms with Gasteiger partial charge in [-0.15, -0.1) is 11.3 Å². The molecule has 2 aromatic heterocycles. The first-order chi connectivity index (χ1) is 15.9. The molecule has 0 bridgehead atoms. The topological polar surface area (TPSA) is 75.6 Å². The van der Waals surface area contributed by atoms with Crippen molar-refractivity contribution in [2.24, 2.45) is 5.92 Å². The largest absolute Gasteiger partial charge is 0.466 e. The van der Waals surface area contributed by atoms with Crippen LogP contribution in [0.3, 0.4) is 0 Å². The summed E-state index contributed by atoms with van der Waals surface area (Å²) in [6.45, 7) is 11.6. The summed E-state index contributed by atoms with van der Waals surface area (Å²) >= 11 is 1.86. The molecule has 0 radical (unpaired) electrons. The predicted octanol–water partition coefficient (Wildman–Crippen LogP) is 4.32. The lowest BCUT2D eigenvalue weighted by molar-refractivity contribution is -0.145. The van der Waals surface area contributed by atoms with E-state index in [1.165, 1.54) is 22.2 Å². The van der Waals surface area contributed by atoms with Crippen LogP contribution in [0.15, 0.2) is 0 Å². The number of hydrogen-bond donors (Lipinski definition) is 0. The van der Waals surface area contributed by atoms with E-state index in [0.717, 1.165) is 54.7 Å². The Kier molecular flexibility index (Phi) is 7.51. The molecule has 8 heteroatoms. The van der Waals surface area contributed by atoms with E-state index < -0.39 is 0 Å². The molecule has 1 fully saturated rings. The Hall–Kier alpha value is -2.22. The molecule has 2 atom stereocenters. The molecule has 0 unspecified atom stereocenters. The van der Waals surface area contributed by atoms with Crippen molar-refractivity contribution in [2.75, 3.05) is 37.7 Å². The van der Waals surface area contributed by atoms with Gasteiger partial charge in [-0.2, -0.15) is 0 Å². The van der Waals surface area contributed by atoms with Crippen LogP contribution in [-0.4, -0.2) is 59.5 Å². The first-order valence-electron chi connectivity index (χ1n) is 12.4. The molecule has 2 aromatic rings. The van der Waals surface area contributed by atoms with Crippen LogP contribution in [0.2, 0.25) is 0 Å². The van der Waals surface area contributed by atoms with E-state index >= 15 is 0 Å². The van der Waals surface area contributed by atoms with Crippen LogP contribution in [0.25, 0.3) is 10.2 Å². The highest BCUT2D eigenvalue weighted by Crippen LogP contribution is 2.41. The first-order valence-corrected chi connectivity index (χ1v) is 13.2. The standard InChI is InChI=1S/C25H36N4O3S/c1-5-17(4)23-26-24(22-18-8-7-16(3)15-19(18)33-25(22)27-23)29-13-11-28(12-14-29)20(30)9-10-21(31)32-6-2/h16-17H,5-15H2,1-4H3/t16-,17-/m1/s1. The minimum Gasteiger partial charge on any atom is -0.466 e. The van der Waals surface area contributed by atoms with Crippen LogP contribution in [0.4, 0.5) is 5.82 Å². The third kappa shape index (κ3) is 5.15. The maximum Gasteiger partial charge on any atom is 0.306 e. The lowest BCUT2D eigenvalue weighted by Gasteiger charge is -2.36. The van der Waals surface area contributed by atoms with Crippen LogP contribution in [0.5, 0.6) is 0 Å². The zero-order valence-corrected chi connectivity index (χ0v) is 21.2. The number of fused-ring (bicyclic) bond motifs is 3. The molecule has 1 aliphatic carbocycles. The molecule has 7 nitrogen and oxygen atoms in total. The number of carbonyl (C=O) groups is 2. The zero-order valence-electron chi connectivity index (χ0n) is 20.4. The molecule has 1 amide bonds. The van der Waals surface area contributed by atoms with Gasteiger partial charge in [0.1, 0.15) is 16.5 Å². The molecular weight excluding hydrogens is 436 g/mol. The van der Waals surface area contributed by atoms with Crippen LogP contribution in [-0.2, 0) is 27.2 Å². The van der Waals surface area contributed by atoms with Crippen LogP contribution in [0, 0.1) is 5.92 Å². The molecule has 0 aromatic carbocycles. The molecule has 180 valence electrons. The van der Waals surface area contributed by atoms with Gasteiger partial charge in [0.25, 0.3) is 0 Å². The number of aromatic nitrogens is 2. The van der Waals surface area contributed by atoms with Gasteiger partial charge in [-0.1, -0.05) is 20.8 Å². The van der Waals surface area contributed by atoms with Crippen molar-refractivity contribution in [1.82, 2.24) is 14.9 Å². The van der Waals surface area contributed by atoms with E-state index in [9.17, 15) is 9.59 Å². The molecule has 1 saturated heterocycles. The Morgan fingerprint density at radius 2 is 1.91 bits per heavy atom. The van der Waals surface area contributed by atoms with Crippen molar-refractivity contribution in [3.8, 4) is 0 Å². The first kappa shape index (κ1) is 23.9. The van der Waals surface area contributed by atoms with E-state index in [1.807, 2.05) is 16.2 Å². The monoisotopic (exact) mass is 472 g/mol. The van der Waals surface area contributed by atoms with Gasteiger partial charge in [-0.3, -0.25) is 9.59 Å². The molecule has 3 heterocycles. The van der Waals surface area contributed by atoms with Gasteiger partial charge in [0, 0.05) is 43.4 Å². The van der Waals surface area contributed by atoms with Crippen molar-refractivity contribution in [3.05, 3.63) is 16.3 Å². The van der Waals surface area contributed by atoms with Gasteiger partial charge >= 0.3 is 5.97 Å². The molecule has 0 saturated carbocycles. The van der Waals surface area contributed by atoms with Gasteiger partial charge in [0.05, 0.1) is 18.4 Å². The van der Waals surface area contributed by atoms with Gasteiger partial charge in [-0.25, -0.2) is 9.97 Å². The number of ether oxygens (including phenoxy) is 1. The Bertz CT molecular complexity index is 1010. The lowest BCUT2D eigenvalue weighted by Crippen LogP contribution is -2.49. The SMILES string of the molecule is CCOC(=O)CCC(=O)N1CCN(c2nc([C@H](C)CC)nc3sc4c(c23)CC[C@@H](C)C4)CC1. The van der Waals surface area contributed by atoms with E-state index in [-0.39, 0.29) is 24.7 Å². The molecule has 1 aliphatic heterocycles. The van der Waals surface area contributed by atoms with E-state index in [1.54, 1.807) is 6.92 Å². The highest BCUT2D eigenvalue weighted by Gasteiger charge is 2.29. The van der Waals surface area contributed by atoms with Crippen LogP contribution < -0.4 is 4.90 Å². The Labute approximate surface area is 200 Å².